The molecule has 0 fully saturated rings. The van der Waals surface area contributed by atoms with Crippen LogP contribution in [0.1, 0.15) is 13.8 Å². The lowest BCUT2D eigenvalue weighted by Crippen LogP contribution is -2.45. The summed E-state index contributed by atoms with van der Waals surface area (Å²) in [6.45, 7) is 5.92. The third kappa shape index (κ3) is 10.7. The Morgan fingerprint density at radius 2 is 1.10 bits per heavy atom. The predicted octanol–water partition coefficient (Wildman–Crippen LogP) is 4.90. The number of ether oxygens (including phenoxy) is 2. The average molecular weight is 454 g/mol. The summed E-state index contributed by atoms with van der Waals surface area (Å²) in [6, 6.07) is 0. The van der Waals surface area contributed by atoms with Crippen LogP contribution in [-0.2, 0) is 19.1 Å². The average Bonchev–Trinajstić information content (AvgIpc) is 2.46. The second-order valence-electron chi connectivity index (χ2n) is 5.21. The van der Waals surface area contributed by atoms with Gasteiger partial charge in [0.25, 0.3) is 6.10 Å². The molecule has 0 saturated carbocycles. The molecule has 0 unspecified atom stereocenters. The van der Waals surface area contributed by atoms with Crippen LogP contribution in [0.25, 0.3) is 0 Å². The first-order valence-electron chi connectivity index (χ1n) is 6.81. The van der Waals surface area contributed by atoms with Crippen molar-refractivity contribution in [2.24, 2.45) is 0 Å². The van der Waals surface area contributed by atoms with Crippen LogP contribution in [0, 0.1) is 0 Å². The van der Waals surface area contributed by atoms with Gasteiger partial charge in [0.2, 0.25) is 0 Å². The number of rotatable bonds is 5. The molecule has 0 saturated heterocycles. The van der Waals surface area contributed by atoms with Crippen LogP contribution in [-0.4, -0.2) is 49.1 Å². The summed E-state index contributed by atoms with van der Waals surface area (Å²) < 4.78 is 137. The zero-order chi connectivity index (χ0) is 24.0. The van der Waals surface area contributed by atoms with Gasteiger partial charge in [0.1, 0.15) is 0 Å². The number of alkyl halides is 11. The molecule has 0 atom stereocenters. The van der Waals surface area contributed by atoms with Crippen LogP contribution in [0.3, 0.4) is 0 Å². The van der Waals surface area contributed by atoms with Crippen molar-refractivity contribution in [2.75, 3.05) is 6.61 Å². The Hall–Kier alpha value is -2.35. The lowest BCUT2D eigenvalue weighted by atomic mass is 10.3. The van der Waals surface area contributed by atoms with E-state index in [-0.39, 0.29) is 5.57 Å². The SMILES string of the molecule is C=C(C)C(=O)OC(C(F)(F)F)C(F)(F)F.C=C(C)C(=O)OCC(F)(F)C(F)(F)F. The van der Waals surface area contributed by atoms with E-state index in [9.17, 15) is 57.9 Å². The van der Waals surface area contributed by atoms with Crippen LogP contribution in [0.15, 0.2) is 24.3 Å². The van der Waals surface area contributed by atoms with Gasteiger partial charge in [-0.3, -0.25) is 0 Å². The Kier molecular flexibility index (Phi) is 9.86. The van der Waals surface area contributed by atoms with Crippen molar-refractivity contribution in [3.05, 3.63) is 24.3 Å². The first kappa shape index (κ1) is 28.9. The molecule has 170 valence electrons. The fraction of sp³-hybridized carbons (Fsp3) is 0.571. The quantitative estimate of drug-likeness (QED) is 0.337. The summed E-state index contributed by atoms with van der Waals surface area (Å²) >= 11 is 0. The van der Waals surface area contributed by atoms with Crippen LogP contribution < -0.4 is 0 Å². The molecule has 0 aliphatic rings. The molecule has 29 heavy (non-hydrogen) atoms. The molecule has 0 spiro atoms. The van der Waals surface area contributed by atoms with Crippen molar-refractivity contribution >= 4 is 11.9 Å². The molecule has 0 aromatic rings. The van der Waals surface area contributed by atoms with Gasteiger partial charge in [0.15, 0.2) is 6.61 Å². The maximum atomic E-state index is 12.1. The Labute approximate surface area is 155 Å². The number of halogens is 11. The Morgan fingerprint density at radius 3 is 1.34 bits per heavy atom. The first-order chi connectivity index (χ1) is 12.5. The molecule has 0 amide bonds. The highest BCUT2D eigenvalue weighted by Gasteiger charge is 2.60. The van der Waals surface area contributed by atoms with Gasteiger partial charge in [-0.25, -0.2) is 9.59 Å². The second kappa shape index (κ2) is 9.91. The molecule has 0 heterocycles. The smallest absolute Gasteiger partial charge is 0.456 e. The van der Waals surface area contributed by atoms with Crippen molar-refractivity contribution < 1.29 is 67.4 Å². The highest BCUT2D eigenvalue weighted by atomic mass is 19.4. The molecule has 0 radical (unpaired) electrons. The molecule has 0 aliphatic carbocycles. The zero-order valence-electron chi connectivity index (χ0n) is 14.5. The van der Waals surface area contributed by atoms with Gasteiger partial charge in [0.05, 0.1) is 0 Å². The number of esters is 2. The summed E-state index contributed by atoms with van der Waals surface area (Å²) in [6.07, 6.45) is -21.2. The summed E-state index contributed by atoms with van der Waals surface area (Å²) in [5.74, 6) is -8.05. The lowest BCUT2D eigenvalue weighted by Gasteiger charge is -2.22. The molecule has 4 nitrogen and oxygen atoms in total. The Morgan fingerprint density at radius 1 is 0.759 bits per heavy atom. The standard InChI is InChI=1S/C7H6F6O2.C7H7F5O2/c1-3(2)4(14)15-5(6(8,9)10)7(11,12)13;1-4(2)5(13)14-3-6(8,9)7(10,11)12/h5H,1H2,2H3;1,3H2,2H3. The van der Waals surface area contributed by atoms with Gasteiger partial charge in [-0.2, -0.15) is 48.3 Å². The molecule has 15 heteroatoms. The van der Waals surface area contributed by atoms with Crippen LogP contribution in [0.5, 0.6) is 0 Å². The summed E-state index contributed by atoms with van der Waals surface area (Å²) in [7, 11) is 0. The minimum Gasteiger partial charge on any atom is -0.456 e. The molecular weight excluding hydrogens is 441 g/mol. The van der Waals surface area contributed by atoms with E-state index in [0.717, 1.165) is 13.8 Å². The van der Waals surface area contributed by atoms with Gasteiger partial charge in [-0.05, 0) is 13.8 Å². The molecule has 0 N–H and O–H groups in total. The van der Waals surface area contributed by atoms with Gasteiger partial charge in [-0.15, -0.1) is 0 Å². The third-order valence-corrected chi connectivity index (χ3v) is 2.32. The van der Waals surface area contributed by atoms with E-state index < -0.39 is 54.7 Å². The predicted molar refractivity (Wildman–Crippen MR) is 73.6 cm³/mol. The van der Waals surface area contributed by atoms with E-state index >= 15 is 0 Å². The topological polar surface area (TPSA) is 52.6 Å². The Balaban J connectivity index is 0. The minimum atomic E-state index is -5.72. The number of carbonyl (C=O) groups is 2. The minimum absolute atomic E-state index is 0.247. The zero-order valence-corrected chi connectivity index (χ0v) is 14.5. The largest absolute Gasteiger partial charge is 0.456 e. The molecule has 0 aromatic heterocycles. The van der Waals surface area contributed by atoms with E-state index in [1.54, 1.807) is 0 Å². The highest BCUT2D eigenvalue weighted by Crippen LogP contribution is 2.36. The summed E-state index contributed by atoms with van der Waals surface area (Å²) in [5, 5.41) is 0. The fourth-order valence-corrected chi connectivity index (χ4v) is 0.888. The van der Waals surface area contributed by atoms with Crippen LogP contribution in [0.2, 0.25) is 0 Å². The van der Waals surface area contributed by atoms with E-state index in [2.05, 4.69) is 22.6 Å². The van der Waals surface area contributed by atoms with Gasteiger partial charge in [0, 0.05) is 11.1 Å². The van der Waals surface area contributed by atoms with Crippen LogP contribution >= 0.6 is 0 Å². The van der Waals surface area contributed by atoms with Crippen molar-refractivity contribution in [3.8, 4) is 0 Å². The summed E-state index contributed by atoms with van der Waals surface area (Å²) in [4.78, 5) is 21.0. The number of hydrogen-bond acceptors (Lipinski definition) is 4. The lowest BCUT2D eigenvalue weighted by molar-refractivity contribution is -0.312. The molecule has 0 rings (SSSR count). The molecule has 0 bridgehead atoms. The fourth-order valence-electron chi connectivity index (χ4n) is 0.888. The van der Waals surface area contributed by atoms with Crippen molar-refractivity contribution in [1.82, 2.24) is 0 Å². The van der Waals surface area contributed by atoms with Crippen molar-refractivity contribution in [3.63, 3.8) is 0 Å². The number of hydrogen-bond donors (Lipinski definition) is 0. The normalized spacial score (nSPS) is 12.6. The van der Waals surface area contributed by atoms with Gasteiger partial charge in [-0.1, -0.05) is 13.2 Å². The van der Waals surface area contributed by atoms with Crippen molar-refractivity contribution in [1.29, 1.82) is 0 Å². The molecule has 0 aromatic carbocycles. The monoisotopic (exact) mass is 454 g/mol. The number of carbonyl (C=O) groups excluding carboxylic acids is 2. The summed E-state index contributed by atoms with van der Waals surface area (Å²) in [5.41, 5.74) is -0.795. The second-order valence-corrected chi connectivity index (χ2v) is 5.21. The highest BCUT2D eigenvalue weighted by molar-refractivity contribution is 5.87. The Bertz CT molecular complexity index is 601. The maximum absolute atomic E-state index is 12.1. The van der Waals surface area contributed by atoms with Gasteiger partial charge < -0.3 is 9.47 Å². The van der Waals surface area contributed by atoms with Crippen molar-refractivity contribution in [2.45, 2.75) is 44.4 Å². The third-order valence-electron chi connectivity index (χ3n) is 2.32. The van der Waals surface area contributed by atoms with E-state index in [0.29, 0.717) is 0 Å². The maximum Gasteiger partial charge on any atom is 0.456 e. The van der Waals surface area contributed by atoms with E-state index in [1.807, 2.05) is 0 Å². The van der Waals surface area contributed by atoms with Crippen LogP contribution in [0.4, 0.5) is 48.3 Å². The first-order valence-corrected chi connectivity index (χ1v) is 6.81. The molecular formula is C14H13F11O4. The van der Waals surface area contributed by atoms with Gasteiger partial charge >= 0.3 is 36.4 Å². The van der Waals surface area contributed by atoms with E-state index in [4.69, 9.17) is 0 Å². The molecule has 0 aliphatic heterocycles. The van der Waals surface area contributed by atoms with E-state index in [1.165, 1.54) is 0 Å².